The molecule has 2 heterocycles. The first kappa shape index (κ1) is 18.6. The number of piperidine rings is 1. The maximum absolute atomic E-state index is 14.4. The molecule has 28 heavy (non-hydrogen) atoms. The number of carbonyl (C=O) groups is 1. The van der Waals surface area contributed by atoms with E-state index in [2.05, 4.69) is 5.10 Å². The van der Waals surface area contributed by atoms with Crippen LogP contribution in [0.15, 0.2) is 47.4 Å². The van der Waals surface area contributed by atoms with E-state index in [-0.39, 0.29) is 11.4 Å². The normalized spacial score (nSPS) is 15.8. The number of anilines is 1. The van der Waals surface area contributed by atoms with Crippen LogP contribution in [-0.4, -0.2) is 41.5 Å². The smallest absolute Gasteiger partial charge is 0.278 e. The summed E-state index contributed by atoms with van der Waals surface area (Å²) >= 11 is 0. The Hall–Kier alpha value is -2.78. The van der Waals surface area contributed by atoms with E-state index in [9.17, 15) is 17.6 Å². The number of halogens is 1. The van der Waals surface area contributed by atoms with Crippen molar-refractivity contribution in [1.29, 1.82) is 0 Å². The van der Waals surface area contributed by atoms with Gasteiger partial charge in [0, 0.05) is 24.0 Å². The van der Waals surface area contributed by atoms with Crippen molar-refractivity contribution >= 4 is 32.7 Å². The van der Waals surface area contributed by atoms with Crippen LogP contribution in [0.2, 0.25) is 0 Å². The lowest BCUT2D eigenvalue weighted by Gasteiger charge is -2.26. The average Bonchev–Trinajstić information content (AvgIpc) is 3.05. The van der Waals surface area contributed by atoms with E-state index < -0.39 is 26.6 Å². The molecule has 2 aromatic carbocycles. The first-order valence-corrected chi connectivity index (χ1v) is 10.4. The molecule has 0 amide bonds. The summed E-state index contributed by atoms with van der Waals surface area (Å²) < 4.78 is 42.5. The summed E-state index contributed by atoms with van der Waals surface area (Å²) in [5.41, 5.74) is 6.38. The third-order valence-corrected chi connectivity index (χ3v) is 6.83. The average molecular weight is 402 g/mol. The monoisotopic (exact) mass is 402 g/mol. The van der Waals surface area contributed by atoms with Crippen molar-refractivity contribution in [2.75, 3.05) is 18.8 Å². The Morgan fingerprint density at radius 1 is 1.07 bits per heavy atom. The maximum Gasteiger partial charge on any atom is 0.278 e. The molecule has 1 aliphatic rings. The van der Waals surface area contributed by atoms with Gasteiger partial charge in [0.1, 0.15) is 10.7 Å². The molecule has 0 bridgehead atoms. The van der Waals surface area contributed by atoms with Gasteiger partial charge in [-0.1, -0.05) is 18.6 Å². The summed E-state index contributed by atoms with van der Waals surface area (Å²) in [6.45, 7) is 0.695. The molecule has 1 aliphatic heterocycles. The van der Waals surface area contributed by atoms with Gasteiger partial charge in [-0.25, -0.2) is 12.8 Å². The van der Waals surface area contributed by atoms with Crippen molar-refractivity contribution in [3.05, 3.63) is 53.8 Å². The molecule has 2 N–H and O–H groups in total. The fraction of sp³-hybridized carbons (Fsp3) is 0.263. The lowest BCUT2D eigenvalue weighted by molar-refractivity contribution is 0.0950. The standard InChI is InChI=1S/C19H19FN4O3S/c20-15-9-8-13(12-17(15)28(26,27)23-10-4-1-5-11-23)19(25)24-16-7-3-2-6-14(16)18(21)22-24/h2-3,6-9,12H,1,4-5,10-11H2,(H2,21,22). The minimum absolute atomic E-state index is 0.0187. The molecule has 0 spiro atoms. The molecular formula is C19H19FN4O3S. The van der Waals surface area contributed by atoms with Crippen molar-refractivity contribution in [3.63, 3.8) is 0 Å². The first-order valence-electron chi connectivity index (χ1n) is 8.97. The van der Waals surface area contributed by atoms with Crippen LogP contribution in [0.1, 0.15) is 29.6 Å². The van der Waals surface area contributed by atoms with E-state index >= 15 is 0 Å². The van der Waals surface area contributed by atoms with Gasteiger partial charge in [-0.2, -0.15) is 8.99 Å². The van der Waals surface area contributed by atoms with Gasteiger partial charge in [-0.15, -0.1) is 5.10 Å². The Kier molecular flexibility index (Phi) is 4.64. The number of nitrogen functional groups attached to an aromatic ring is 1. The van der Waals surface area contributed by atoms with Crippen LogP contribution in [0.5, 0.6) is 0 Å². The van der Waals surface area contributed by atoms with E-state index in [0.717, 1.165) is 36.1 Å². The number of benzene rings is 2. The summed E-state index contributed by atoms with van der Waals surface area (Å²) in [4.78, 5) is 12.5. The van der Waals surface area contributed by atoms with Gasteiger partial charge in [0.15, 0.2) is 5.82 Å². The highest BCUT2D eigenvalue weighted by atomic mass is 32.2. The lowest BCUT2D eigenvalue weighted by Crippen LogP contribution is -2.36. The molecule has 0 aliphatic carbocycles. The Balaban J connectivity index is 1.77. The SMILES string of the molecule is Nc1nn(C(=O)c2ccc(F)c(S(=O)(=O)N3CCCCC3)c2)c2ccccc12. The Labute approximate surface area is 161 Å². The largest absolute Gasteiger partial charge is 0.382 e. The Morgan fingerprint density at radius 3 is 2.54 bits per heavy atom. The summed E-state index contributed by atoms with van der Waals surface area (Å²) in [7, 11) is -4.02. The zero-order valence-electron chi connectivity index (χ0n) is 15.0. The van der Waals surface area contributed by atoms with E-state index in [1.54, 1.807) is 24.3 Å². The fourth-order valence-electron chi connectivity index (χ4n) is 3.45. The quantitative estimate of drug-likeness (QED) is 0.726. The molecule has 0 saturated carbocycles. The van der Waals surface area contributed by atoms with Crippen LogP contribution in [0.25, 0.3) is 10.9 Å². The zero-order valence-corrected chi connectivity index (χ0v) is 15.8. The van der Waals surface area contributed by atoms with Gasteiger partial charge < -0.3 is 5.73 Å². The molecule has 7 nitrogen and oxygen atoms in total. The number of fused-ring (bicyclic) bond motifs is 1. The van der Waals surface area contributed by atoms with Crippen LogP contribution < -0.4 is 5.73 Å². The summed E-state index contributed by atoms with van der Waals surface area (Å²) in [6, 6.07) is 10.3. The fourth-order valence-corrected chi connectivity index (χ4v) is 5.05. The van der Waals surface area contributed by atoms with E-state index in [4.69, 9.17) is 5.73 Å². The van der Waals surface area contributed by atoms with Gasteiger partial charge >= 0.3 is 0 Å². The number of para-hydroxylation sites is 1. The van der Waals surface area contributed by atoms with Crippen LogP contribution in [-0.2, 0) is 10.0 Å². The van der Waals surface area contributed by atoms with E-state index in [1.807, 2.05) is 0 Å². The highest BCUT2D eigenvalue weighted by Gasteiger charge is 2.30. The summed E-state index contributed by atoms with van der Waals surface area (Å²) in [6.07, 6.45) is 2.41. The van der Waals surface area contributed by atoms with Crippen molar-refractivity contribution in [2.45, 2.75) is 24.2 Å². The third-order valence-electron chi connectivity index (χ3n) is 4.92. The number of nitrogens with zero attached hydrogens (tertiary/aromatic N) is 3. The highest BCUT2D eigenvalue weighted by molar-refractivity contribution is 7.89. The number of hydrogen-bond acceptors (Lipinski definition) is 5. The minimum Gasteiger partial charge on any atom is -0.382 e. The number of hydrogen-bond donors (Lipinski definition) is 1. The number of carbonyl (C=O) groups excluding carboxylic acids is 1. The van der Waals surface area contributed by atoms with Crippen LogP contribution >= 0.6 is 0 Å². The predicted molar refractivity (Wildman–Crippen MR) is 103 cm³/mol. The van der Waals surface area contributed by atoms with Gasteiger partial charge in [-0.3, -0.25) is 4.79 Å². The molecule has 4 rings (SSSR count). The summed E-state index contributed by atoms with van der Waals surface area (Å²) in [5, 5.41) is 4.67. The molecule has 1 aromatic heterocycles. The third kappa shape index (κ3) is 3.06. The van der Waals surface area contributed by atoms with Crippen molar-refractivity contribution in [1.82, 2.24) is 14.1 Å². The van der Waals surface area contributed by atoms with Gasteiger partial charge in [0.2, 0.25) is 10.0 Å². The molecule has 0 atom stereocenters. The molecule has 9 heteroatoms. The van der Waals surface area contributed by atoms with E-state index in [0.29, 0.717) is 24.0 Å². The van der Waals surface area contributed by atoms with E-state index in [1.165, 1.54) is 10.4 Å². The summed E-state index contributed by atoms with van der Waals surface area (Å²) in [5.74, 6) is -1.28. The molecule has 146 valence electrons. The Morgan fingerprint density at radius 2 is 1.79 bits per heavy atom. The minimum atomic E-state index is -4.02. The van der Waals surface area contributed by atoms with Crippen LogP contribution in [0, 0.1) is 5.82 Å². The first-order chi connectivity index (χ1) is 13.4. The molecule has 1 saturated heterocycles. The van der Waals surface area contributed by atoms with Gasteiger partial charge in [0.05, 0.1) is 5.52 Å². The molecule has 0 radical (unpaired) electrons. The van der Waals surface area contributed by atoms with Crippen molar-refractivity contribution < 1.29 is 17.6 Å². The Bertz CT molecular complexity index is 1170. The van der Waals surface area contributed by atoms with Gasteiger partial charge in [-0.05, 0) is 43.2 Å². The second kappa shape index (κ2) is 6.99. The van der Waals surface area contributed by atoms with Gasteiger partial charge in [0.25, 0.3) is 5.91 Å². The van der Waals surface area contributed by atoms with Crippen LogP contribution in [0.4, 0.5) is 10.2 Å². The molecule has 0 unspecified atom stereocenters. The molecule has 3 aromatic rings. The second-order valence-electron chi connectivity index (χ2n) is 6.73. The topological polar surface area (TPSA) is 98.3 Å². The maximum atomic E-state index is 14.4. The number of rotatable bonds is 3. The second-order valence-corrected chi connectivity index (χ2v) is 8.64. The predicted octanol–water partition coefficient (Wildman–Crippen LogP) is 2.62. The highest BCUT2D eigenvalue weighted by Crippen LogP contribution is 2.26. The molecular weight excluding hydrogens is 383 g/mol. The number of nitrogens with two attached hydrogens (primary N) is 1. The zero-order chi connectivity index (χ0) is 19.9. The lowest BCUT2D eigenvalue weighted by atomic mass is 10.2. The number of sulfonamides is 1. The van der Waals surface area contributed by atoms with Crippen LogP contribution in [0.3, 0.4) is 0 Å². The molecule has 1 fully saturated rings. The van der Waals surface area contributed by atoms with Crippen molar-refractivity contribution in [2.24, 2.45) is 0 Å². The van der Waals surface area contributed by atoms with Crippen molar-refractivity contribution in [3.8, 4) is 0 Å². The number of aromatic nitrogens is 2.